The second-order valence-corrected chi connectivity index (χ2v) is 17.9. The molecule has 0 aliphatic heterocycles. The maximum Gasteiger partial charge on any atom is 0.305 e. The Morgan fingerprint density at radius 1 is 1.26 bits per heavy atom. The van der Waals surface area contributed by atoms with Crippen molar-refractivity contribution in [1.82, 2.24) is 0 Å². The van der Waals surface area contributed by atoms with Crippen LogP contribution in [0.3, 0.4) is 0 Å². The van der Waals surface area contributed by atoms with Gasteiger partial charge in [-0.1, -0.05) is 58.5 Å². The van der Waals surface area contributed by atoms with Crippen LogP contribution >= 0.6 is 11.8 Å². The fourth-order valence-electron chi connectivity index (χ4n) is 4.55. The van der Waals surface area contributed by atoms with Gasteiger partial charge in [-0.3, -0.25) is 9.59 Å². The zero-order chi connectivity index (χ0) is 29.2. The van der Waals surface area contributed by atoms with Crippen LogP contribution in [-0.2, 0) is 18.8 Å². The molecule has 0 aromatic heterocycles. The van der Waals surface area contributed by atoms with Gasteiger partial charge in [0.1, 0.15) is 6.10 Å². The van der Waals surface area contributed by atoms with Crippen LogP contribution in [-0.4, -0.2) is 67.1 Å². The molecule has 0 aromatic carbocycles. The van der Waals surface area contributed by atoms with E-state index in [9.17, 15) is 24.9 Å². The van der Waals surface area contributed by atoms with Gasteiger partial charge in [0.2, 0.25) is 8.32 Å². The van der Waals surface area contributed by atoms with E-state index in [0.29, 0.717) is 23.7 Å². The number of ketones is 1. The van der Waals surface area contributed by atoms with Crippen molar-refractivity contribution in [2.45, 2.75) is 102 Å². The minimum Gasteiger partial charge on any atom is -0.546 e. The summed E-state index contributed by atoms with van der Waals surface area (Å²) in [6, 6.07) is 0. The normalized spacial score (nSPS) is 22.2. The number of hydrogen-bond acceptors (Lipinski definition) is 8. The Bertz CT molecular complexity index is 951. The van der Waals surface area contributed by atoms with E-state index >= 15 is 0 Å². The van der Waals surface area contributed by atoms with Gasteiger partial charge in [0.25, 0.3) is 0 Å². The highest BCUT2D eigenvalue weighted by atomic mass is 32.2. The van der Waals surface area contributed by atoms with E-state index in [1.165, 1.54) is 44.6 Å². The van der Waals surface area contributed by atoms with Gasteiger partial charge in [-0.05, 0) is 43.0 Å². The molecule has 0 saturated heterocycles. The second kappa shape index (κ2) is 15.4. The average molecular weight is 581 g/mol. The van der Waals surface area contributed by atoms with Crippen molar-refractivity contribution in [2.75, 3.05) is 19.5 Å². The van der Waals surface area contributed by atoms with Gasteiger partial charge in [0.15, 0.2) is 5.78 Å². The van der Waals surface area contributed by atoms with Crippen molar-refractivity contribution in [3.05, 3.63) is 22.8 Å². The Kier molecular flexibility index (Phi) is 13.3. The van der Waals surface area contributed by atoms with Crippen LogP contribution in [0.25, 0.3) is 0 Å². The number of rotatable bonds is 13. The zero-order valence-corrected chi connectivity index (χ0v) is 26.3. The van der Waals surface area contributed by atoms with Crippen LogP contribution in [0, 0.1) is 29.6 Å². The van der Waals surface area contributed by atoms with Crippen LogP contribution in [0.5, 0.6) is 0 Å². The third kappa shape index (κ3) is 10.1. The number of allylic oxidation sites excluding steroid dienone is 3. The largest absolute Gasteiger partial charge is 0.546 e. The highest BCUT2D eigenvalue weighted by Gasteiger charge is 2.46. The Labute approximate surface area is 239 Å². The summed E-state index contributed by atoms with van der Waals surface area (Å²) in [7, 11) is -0.921. The first-order valence-corrected chi connectivity index (χ1v) is 18.0. The minimum atomic E-state index is -2.26. The molecule has 0 aromatic rings. The lowest BCUT2D eigenvalue weighted by atomic mass is 9.87. The number of Topliss-reactive ketones (excluding diaryl/α,β-unsaturated/α-hetero) is 1. The van der Waals surface area contributed by atoms with Crippen LogP contribution in [0.1, 0.15) is 72.1 Å². The predicted molar refractivity (Wildman–Crippen MR) is 158 cm³/mol. The summed E-state index contributed by atoms with van der Waals surface area (Å²) < 4.78 is 11.5. The first-order chi connectivity index (χ1) is 18.3. The molecular formula is C30H48O7SSi. The van der Waals surface area contributed by atoms with E-state index in [4.69, 9.17) is 4.43 Å². The lowest BCUT2D eigenvalue weighted by Gasteiger charge is -2.39. The number of esters is 1. The lowest BCUT2D eigenvalue weighted by molar-refractivity contribution is -0.140. The van der Waals surface area contributed by atoms with Gasteiger partial charge < -0.3 is 24.5 Å². The van der Waals surface area contributed by atoms with Crippen LogP contribution in [0.4, 0.5) is 0 Å². The van der Waals surface area contributed by atoms with Gasteiger partial charge in [-0.2, -0.15) is 0 Å². The summed E-state index contributed by atoms with van der Waals surface area (Å²) in [5.74, 6) is 5.45. The lowest BCUT2D eigenvalue weighted by Crippen LogP contribution is -2.42. The number of thioether (sulfide) groups is 1. The number of carbonyl (C=O) groups excluding carboxylic acids is 2. The molecule has 39 heavy (non-hydrogen) atoms. The number of methoxy groups -OCH3 is 1. The molecule has 1 fully saturated rings. The molecule has 0 heterocycles. The topological polar surface area (TPSA) is 113 Å². The molecule has 2 aliphatic carbocycles. The average Bonchev–Trinajstić information content (AvgIpc) is 3.51. The van der Waals surface area contributed by atoms with Crippen LogP contribution in [0.2, 0.25) is 18.1 Å². The number of carbonyl (C=O) groups is 2. The second-order valence-electron chi connectivity index (χ2n) is 12.1. The van der Waals surface area contributed by atoms with Crippen molar-refractivity contribution in [1.29, 1.82) is 0 Å². The van der Waals surface area contributed by atoms with E-state index in [2.05, 4.69) is 56.5 Å². The van der Waals surface area contributed by atoms with Crippen LogP contribution in [0.15, 0.2) is 22.8 Å². The van der Waals surface area contributed by atoms with Crippen LogP contribution < -0.4 is 0 Å². The SMILES string of the molecule is COC(=O)CCCC#CC(O)C1C(=O)C(SC[C@@H](O)CO)=CC1C(=CCC1CCCC1)O[Si](C)(C)C(C)(C)C. The smallest absolute Gasteiger partial charge is 0.305 e. The van der Waals surface area contributed by atoms with Crippen molar-refractivity contribution in [3.8, 4) is 11.8 Å². The van der Waals surface area contributed by atoms with E-state index < -0.39 is 32.4 Å². The summed E-state index contributed by atoms with van der Waals surface area (Å²) in [5.41, 5.74) is 0. The molecule has 1 saturated carbocycles. The van der Waals surface area contributed by atoms with Gasteiger partial charge in [0.05, 0.1) is 31.5 Å². The van der Waals surface area contributed by atoms with E-state index in [-0.39, 0.29) is 35.6 Å². The first kappa shape index (κ1) is 33.6. The summed E-state index contributed by atoms with van der Waals surface area (Å²) in [6.07, 6.45) is 8.72. The molecule has 3 N–H and O–H groups in total. The maximum atomic E-state index is 13.6. The molecule has 2 rings (SSSR count). The van der Waals surface area contributed by atoms with Gasteiger partial charge in [-0.15, -0.1) is 17.7 Å². The van der Waals surface area contributed by atoms with Gasteiger partial charge in [0, 0.05) is 29.4 Å². The number of aliphatic hydroxyl groups excluding tert-OH is 3. The molecule has 4 atom stereocenters. The summed E-state index contributed by atoms with van der Waals surface area (Å²) in [4.78, 5) is 25.4. The quantitative estimate of drug-likeness (QED) is 0.0921. The number of aliphatic hydroxyl groups is 3. The maximum absolute atomic E-state index is 13.6. The molecule has 0 bridgehead atoms. The Morgan fingerprint density at radius 2 is 1.92 bits per heavy atom. The molecule has 0 spiro atoms. The van der Waals surface area contributed by atoms with Crippen molar-refractivity contribution < 1.29 is 34.1 Å². The summed E-state index contributed by atoms with van der Waals surface area (Å²) in [6.45, 7) is 10.5. The van der Waals surface area contributed by atoms with E-state index in [1.54, 1.807) is 0 Å². The Morgan fingerprint density at radius 3 is 2.51 bits per heavy atom. The highest BCUT2D eigenvalue weighted by Crippen LogP contribution is 2.45. The third-order valence-electron chi connectivity index (χ3n) is 8.04. The van der Waals surface area contributed by atoms with Gasteiger partial charge >= 0.3 is 5.97 Å². The van der Waals surface area contributed by atoms with Crippen molar-refractivity contribution in [3.63, 3.8) is 0 Å². The Balaban J connectivity index is 2.38. The van der Waals surface area contributed by atoms with Crippen molar-refractivity contribution in [2.24, 2.45) is 17.8 Å². The molecule has 2 aliphatic rings. The third-order valence-corrected chi connectivity index (χ3v) is 13.6. The molecule has 3 unspecified atom stereocenters. The fraction of sp³-hybridized carbons (Fsp3) is 0.733. The number of hydrogen-bond donors (Lipinski definition) is 3. The summed E-state index contributed by atoms with van der Waals surface area (Å²) in [5, 5.41) is 30.3. The molecular weight excluding hydrogens is 532 g/mol. The molecule has 220 valence electrons. The predicted octanol–water partition coefficient (Wildman–Crippen LogP) is 4.97. The standard InChI is InChI=1S/C30H48O7SSi/c1-30(2,3)39(5,6)37-25(17-16-21-12-10-11-13-21)23-18-26(38-20-22(32)19-31)29(35)28(23)24(33)14-8-7-9-15-27(34)36-4/h17-18,21-24,28,31-33H,7,9-13,15-16,19-20H2,1-6H3/t22-,23?,24?,28?/m0/s1. The van der Waals surface area contributed by atoms with E-state index in [1.807, 2.05) is 6.08 Å². The number of ether oxygens (including phenoxy) is 1. The summed E-state index contributed by atoms with van der Waals surface area (Å²) >= 11 is 1.19. The highest BCUT2D eigenvalue weighted by molar-refractivity contribution is 8.04. The molecule has 0 radical (unpaired) electrons. The van der Waals surface area contributed by atoms with Crippen molar-refractivity contribution >= 4 is 31.8 Å². The first-order valence-electron chi connectivity index (χ1n) is 14.1. The monoisotopic (exact) mass is 580 g/mol. The van der Waals surface area contributed by atoms with Gasteiger partial charge in [-0.25, -0.2) is 0 Å². The fourth-order valence-corrected chi connectivity index (χ4v) is 6.66. The number of unbranched alkanes of at least 4 members (excludes halogenated alkanes) is 1. The molecule has 0 amide bonds. The minimum absolute atomic E-state index is 0.0534. The van der Waals surface area contributed by atoms with E-state index in [0.717, 1.165) is 12.2 Å². The Hall–Kier alpha value is -1.57. The molecule has 7 nitrogen and oxygen atoms in total. The zero-order valence-electron chi connectivity index (χ0n) is 24.5. The molecule has 9 heteroatoms.